The van der Waals surface area contributed by atoms with Crippen molar-refractivity contribution < 1.29 is 9.59 Å². The molecule has 0 aliphatic carbocycles. The van der Waals surface area contributed by atoms with E-state index >= 15 is 0 Å². The summed E-state index contributed by atoms with van der Waals surface area (Å²) in [7, 11) is 1.79. The molecule has 4 N–H and O–H groups in total. The fourth-order valence-electron chi connectivity index (χ4n) is 0.872. The number of primary amides is 2. The van der Waals surface area contributed by atoms with Crippen molar-refractivity contribution in [2.45, 2.75) is 0 Å². The zero-order chi connectivity index (χ0) is 11.1. The minimum Gasteiger partial charge on any atom is -0.369 e. The average Bonchev–Trinajstić information content (AvgIpc) is 1.98. The predicted octanol–water partition coefficient (Wildman–Crippen LogP) is -1.46. The van der Waals surface area contributed by atoms with Crippen LogP contribution in [0.1, 0.15) is 0 Å². The Morgan fingerprint density at radius 2 is 1.64 bits per heavy atom. The van der Waals surface area contributed by atoms with Crippen LogP contribution in [0.15, 0.2) is 0 Å². The summed E-state index contributed by atoms with van der Waals surface area (Å²) in [4.78, 5) is 22.8. The maximum absolute atomic E-state index is 10.5. The van der Waals surface area contributed by atoms with Crippen LogP contribution in [0.5, 0.6) is 0 Å². The van der Waals surface area contributed by atoms with Crippen LogP contribution in [-0.4, -0.2) is 53.1 Å². The van der Waals surface area contributed by atoms with Gasteiger partial charge in [0.25, 0.3) is 0 Å². The number of hydrogen-bond acceptors (Lipinski definition) is 4. The Labute approximate surface area is 97.1 Å². The van der Waals surface area contributed by atoms with E-state index in [1.165, 1.54) is 0 Å². The molecule has 0 heterocycles. The van der Waals surface area contributed by atoms with Crippen LogP contribution in [0.25, 0.3) is 0 Å². The summed E-state index contributed by atoms with van der Waals surface area (Å²) in [5.74, 6) is -0.723. The number of nitrogens with two attached hydrogens (primary N) is 2. The minimum absolute atomic E-state index is 0.213. The summed E-state index contributed by atoms with van der Waals surface area (Å²) >= 11 is 2.01. The summed E-state index contributed by atoms with van der Waals surface area (Å²) in [6, 6.07) is 0. The van der Waals surface area contributed by atoms with Gasteiger partial charge in [0.05, 0.1) is 13.1 Å². The molecule has 14 heavy (non-hydrogen) atoms. The van der Waals surface area contributed by atoms with E-state index in [2.05, 4.69) is 0 Å². The zero-order valence-electron chi connectivity index (χ0n) is 8.07. The van der Waals surface area contributed by atoms with E-state index in [9.17, 15) is 9.59 Å². The van der Waals surface area contributed by atoms with Crippen molar-refractivity contribution >= 4 is 34.7 Å². The molecular formula is C7H15IN4O2. The molecule has 6 nitrogen and oxygen atoms in total. The first-order valence-corrected chi connectivity index (χ1v) is 5.04. The smallest absolute Gasteiger partial charge is 0.232 e. The van der Waals surface area contributed by atoms with Crippen molar-refractivity contribution in [1.29, 1.82) is 0 Å². The summed E-state index contributed by atoms with van der Waals surface area (Å²) in [5.41, 5.74) is 10.0. The standard InChI is InChI=1S/C7H15IN4O2/c1-11(4-6(9)13)2-3-12(8)5-7(10)14/h2-5H2,1H3,(H2,9,13)(H2,10,14). The number of carbonyl (C=O) groups is 2. The summed E-state index contributed by atoms with van der Waals surface area (Å²) in [6.07, 6.45) is 0. The molecule has 0 unspecified atom stereocenters. The lowest BCUT2D eigenvalue weighted by Crippen LogP contribution is -2.36. The van der Waals surface area contributed by atoms with E-state index in [4.69, 9.17) is 11.5 Å². The Hall–Kier alpha value is -0.410. The van der Waals surface area contributed by atoms with Gasteiger partial charge in [-0.25, -0.2) is 3.11 Å². The number of amides is 2. The van der Waals surface area contributed by atoms with E-state index in [-0.39, 0.29) is 24.9 Å². The first kappa shape index (κ1) is 13.6. The van der Waals surface area contributed by atoms with Gasteiger partial charge in [0.15, 0.2) is 0 Å². The van der Waals surface area contributed by atoms with Crippen LogP contribution >= 0.6 is 22.9 Å². The fourth-order valence-corrected chi connectivity index (χ4v) is 1.42. The molecule has 0 fully saturated rings. The molecule has 0 radical (unpaired) electrons. The van der Waals surface area contributed by atoms with Crippen molar-refractivity contribution in [3.05, 3.63) is 0 Å². The van der Waals surface area contributed by atoms with Gasteiger partial charge < -0.3 is 11.5 Å². The number of carbonyl (C=O) groups excluding carboxylic acids is 2. The Morgan fingerprint density at radius 3 is 2.07 bits per heavy atom. The number of hydrogen-bond donors (Lipinski definition) is 2. The Bertz CT molecular complexity index is 190. The van der Waals surface area contributed by atoms with Crippen LogP contribution in [0, 0.1) is 0 Å². The van der Waals surface area contributed by atoms with Gasteiger partial charge in [0.1, 0.15) is 0 Å². The maximum atomic E-state index is 10.5. The van der Waals surface area contributed by atoms with E-state index < -0.39 is 0 Å². The molecule has 0 bridgehead atoms. The third-order valence-corrected chi connectivity index (χ3v) is 2.30. The monoisotopic (exact) mass is 314 g/mol. The van der Waals surface area contributed by atoms with Gasteiger partial charge in [-0.15, -0.1) is 0 Å². The molecule has 0 atom stereocenters. The van der Waals surface area contributed by atoms with Crippen LogP contribution in [0.4, 0.5) is 0 Å². The third-order valence-electron chi connectivity index (χ3n) is 1.48. The molecule has 0 saturated carbocycles. The van der Waals surface area contributed by atoms with E-state index in [1.54, 1.807) is 15.1 Å². The lowest BCUT2D eigenvalue weighted by atomic mass is 10.5. The third kappa shape index (κ3) is 8.20. The van der Waals surface area contributed by atoms with Crippen LogP contribution in [-0.2, 0) is 9.59 Å². The number of nitrogens with zero attached hydrogens (tertiary/aromatic N) is 2. The molecule has 0 saturated heterocycles. The highest BCUT2D eigenvalue weighted by atomic mass is 127. The molecule has 0 aliphatic heterocycles. The molecular weight excluding hydrogens is 299 g/mol. The predicted molar refractivity (Wildman–Crippen MR) is 61.5 cm³/mol. The minimum atomic E-state index is -0.364. The molecule has 7 heteroatoms. The van der Waals surface area contributed by atoms with Crippen LogP contribution in [0.3, 0.4) is 0 Å². The molecule has 0 rings (SSSR count). The quantitative estimate of drug-likeness (QED) is 0.444. The van der Waals surface area contributed by atoms with Gasteiger partial charge in [-0.3, -0.25) is 14.5 Å². The van der Waals surface area contributed by atoms with Crippen molar-refractivity contribution in [2.24, 2.45) is 11.5 Å². The second-order valence-corrected chi connectivity index (χ2v) is 4.38. The highest BCUT2D eigenvalue weighted by molar-refractivity contribution is 14.1. The van der Waals surface area contributed by atoms with Gasteiger partial charge in [0, 0.05) is 36.0 Å². The number of rotatable bonds is 7. The van der Waals surface area contributed by atoms with Gasteiger partial charge in [-0.05, 0) is 7.05 Å². The molecule has 0 aromatic rings. The van der Waals surface area contributed by atoms with Crippen molar-refractivity contribution in [2.75, 3.05) is 33.2 Å². The first-order valence-electron chi connectivity index (χ1n) is 4.07. The van der Waals surface area contributed by atoms with Gasteiger partial charge in [-0.2, -0.15) is 0 Å². The van der Waals surface area contributed by atoms with Gasteiger partial charge in [-0.1, -0.05) is 0 Å². The second-order valence-electron chi connectivity index (χ2n) is 3.01. The van der Waals surface area contributed by atoms with E-state index in [0.717, 1.165) is 0 Å². The lowest BCUT2D eigenvalue weighted by molar-refractivity contribution is -0.119. The SMILES string of the molecule is CN(CCN(I)CC(N)=O)CC(N)=O. The van der Waals surface area contributed by atoms with Crippen molar-refractivity contribution in [3.8, 4) is 0 Å². The van der Waals surface area contributed by atoms with Crippen LogP contribution in [0.2, 0.25) is 0 Å². The Balaban J connectivity index is 3.60. The average molecular weight is 314 g/mol. The molecule has 0 spiro atoms. The van der Waals surface area contributed by atoms with Gasteiger partial charge in [0.2, 0.25) is 11.8 Å². The topological polar surface area (TPSA) is 92.7 Å². The Kier molecular flexibility index (Phi) is 6.75. The second kappa shape index (κ2) is 6.96. The number of likely N-dealkylation sites (N-methyl/N-ethyl adjacent to an activating group) is 1. The zero-order valence-corrected chi connectivity index (χ0v) is 10.2. The maximum Gasteiger partial charge on any atom is 0.232 e. The molecule has 2 amide bonds. The van der Waals surface area contributed by atoms with Crippen molar-refractivity contribution in [1.82, 2.24) is 8.01 Å². The van der Waals surface area contributed by atoms with Crippen molar-refractivity contribution in [3.63, 3.8) is 0 Å². The van der Waals surface area contributed by atoms with Crippen LogP contribution < -0.4 is 11.5 Å². The lowest BCUT2D eigenvalue weighted by Gasteiger charge is -2.18. The normalized spacial score (nSPS) is 10.9. The molecule has 0 aromatic heterocycles. The molecule has 82 valence electrons. The summed E-state index contributed by atoms with van der Waals surface area (Å²) < 4.78 is 1.76. The highest BCUT2D eigenvalue weighted by Gasteiger charge is 2.07. The summed E-state index contributed by atoms with van der Waals surface area (Å²) in [6.45, 7) is 1.76. The molecule has 0 aliphatic rings. The highest BCUT2D eigenvalue weighted by Crippen LogP contribution is 1.97. The van der Waals surface area contributed by atoms with E-state index in [0.29, 0.717) is 13.1 Å². The van der Waals surface area contributed by atoms with Gasteiger partial charge >= 0.3 is 0 Å². The summed E-state index contributed by atoms with van der Waals surface area (Å²) in [5, 5.41) is 0. The largest absolute Gasteiger partial charge is 0.369 e. The Morgan fingerprint density at radius 1 is 1.14 bits per heavy atom. The fraction of sp³-hybridized carbons (Fsp3) is 0.714. The number of halogens is 1. The van der Waals surface area contributed by atoms with E-state index in [1.807, 2.05) is 22.9 Å². The first-order chi connectivity index (χ1) is 6.41. The molecule has 0 aromatic carbocycles.